The maximum Gasteiger partial charge on any atom is 0.534 e. The number of esters is 2. The maximum atomic E-state index is 13.7. The second-order valence-electron chi connectivity index (χ2n) is 29.5. The van der Waals surface area contributed by atoms with Gasteiger partial charge in [0.1, 0.15) is 0 Å². The summed E-state index contributed by atoms with van der Waals surface area (Å²) in [5.74, 6) is -7.54. The van der Waals surface area contributed by atoms with Crippen LogP contribution in [0.1, 0.15) is 106 Å². The van der Waals surface area contributed by atoms with Gasteiger partial charge in [-0.25, -0.2) is 45.1 Å². The van der Waals surface area contributed by atoms with Crippen molar-refractivity contribution in [2.45, 2.75) is 113 Å². The molecule has 0 atom stereocenters. The molecule has 55 heteroatoms. The van der Waals surface area contributed by atoms with E-state index in [1.54, 1.807) is 85.7 Å². The Morgan fingerprint density at radius 2 is 0.716 bits per heavy atom. The SMILES string of the molecule is BrB(Br)Br.COC(=O)/C(C)=C(\C)Br.COC(=O)/C(C)=C(\C)c1ccc(F)c(OC)c1.COc1cc(/C(C)=C(\C)C(=O)N=[N+]=[N-])ccc1F.COc1cc(/C(C)=C(\C)C(=O)O)ccc1F.COc1cc(Br)ccc1F.COc1cc2c(C)c(C)[nH]c(=O)c2cc1F.Cc1[nH]c(=O)c2cc(F)c(O)cc2c1C.Cc1[nH]c(=O)c2cc(F)c(OS(=O)(=O)C(F)(F)F)cc2c1C.O=S(=O)(N(c1ccccc1)S(=O)(=O)C(F)(F)F)C(F)(F)F. The topological polar surface area (TPSA) is 436 Å². The first-order valence-corrected chi connectivity index (χ1v) is 49.4. The highest BCUT2D eigenvalue weighted by atomic mass is 79.9. The van der Waals surface area contributed by atoms with Gasteiger partial charge in [0.15, 0.2) is 81.0 Å². The van der Waals surface area contributed by atoms with E-state index in [2.05, 4.69) is 118 Å². The summed E-state index contributed by atoms with van der Waals surface area (Å²) < 4.78 is 308. The first-order valence-electron chi connectivity index (χ1n) is 40.7. The number of carboxylic acids is 1. The van der Waals surface area contributed by atoms with Crippen LogP contribution < -0.4 is 48.3 Å². The number of amides is 1. The smallest absolute Gasteiger partial charge is 0.505 e. The number of aromatic hydroxyl groups is 1. The van der Waals surface area contributed by atoms with E-state index in [0.29, 0.717) is 79.2 Å². The molecule has 0 fully saturated rings. The van der Waals surface area contributed by atoms with Crippen molar-refractivity contribution in [2.75, 3.05) is 53.5 Å². The van der Waals surface area contributed by atoms with Crippen molar-refractivity contribution >= 4 is 191 Å². The molecule has 0 aliphatic rings. The Kier molecular flexibility index (Phi) is 51.3. The Balaban J connectivity index is 0.000000565. The minimum Gasteiger partial charge on any atom is -0.505 e. The fourth-order valence-corrected chi connectivity index (χ4v) is 15.0. The van der Waals surface area contributed by atoms with Crippen molar-refractivity contribution in [1.82, 2.24) is 15.0 Å². The van der Waals surface area contributed by atoms with Gasteiger partial charge in [0, 0.05) is 53.2 Å². The zero-order valence-corrected chi connectivity index (χ0v) is 91.7. The summed E-state index contributed by atoms with van der Waals surface area (Å²) in [6.45, 7) is 23.7. The molecule has 0 aliphatic heterocycles. The molecule has 8 aromatic carbocycles. The van der Waals surface area contributed by atoms with Gasteiger partial charge in [-0.05, 0) is 277 Å². The number of hydrogen-bond donors (Lipinski definition) is 5. The second-order valence-corrected chi connectivity index (χ2v) is 43.4. The summed E-state index contributed by atoms with van der Waals surface area (Å²) in [6.07, 6.45) is 0. The first-order chi connectivity index (χ1) is 68.2. The minimum atomic E-state index is -6.81. The van der Waals surface area contributed by atoms with E-state index in [4.69, 9.17) is 34.3 Å². The van der Waals surface area contributed by atoms with Crippen LogP contribution in [-0.2, 0) is 58.8 Å². The van der Waals surface area contributed by atoms with Crippen LogP contribution in [0.15, 0.2) is 190 Å². The summed E-state index contributed by atoms with van der Waals surface area (Å²) in [5, 5.41) is 22.9. The van der Waals surface area contributed by atoms with E-state index in [9.17, 15) is 134 Å². The number of nitrogens with zero attached hydrogens (tertiary/aromatic N) is 4. The molecule has 11 rings (SSSR count). The van der Waals surface area contributed by atoms with E-state index in [1.807, 2.05) is 20.8 Å². The Labute approximate surface area is 877 Å². The largest absolute Gasteiger partial charge is 0.534 e. The maximum absolute atomic E-state index is 13.7. The number of methoxy groups -OCH3 is 7. The van der Waals surface area contributed by atoms with Crippen LogP contribution in [-0.4, -0.2) is 144 Å². The molecule has 1 amide bonds. The number of para-hydroxylation sites is 1. The Hall–Kier alpha value is -12.7. The fraction of sp³-hybridized carbons (Fsp3) is 0.258. The number of rotatable bonds is 17. The quantitative estimate of drug-likeness (QED) is 0.00650. The van der Waals surface area contributed by atoms with E-state index in [0.717, 1.165) is 78.3 Å². The number of nitrogens with one attached hydrogen (secondary N) is 3. The van der Waals surface area contributed by atoms with Crippen molar-refractivity contribution in [3.63, 3.8) is 0 Å². The summed E-state index contributed by atoms with van der Waals surface area (Å²) >= 11 is 15.7. The highest BCUT2D eigenvalue weighted by Crippen LogP contribution is 2.40. The van der Waals surface area contributed by atoms with Crippen LogP contribution in [0.3, 0.4) is 0 Å². The monoisotopic (exact) mass is 2480 g/mol. The Bertz CT molecular complexity index is 7410. The number of halogens is 21. The van der Waals surface area contributed by atoms with E-state index < -0.39 is 126 Å². The number of hydrogen-bond acceptors (Lipinski definition) is 22. The number of aromatic amines is 3. The predicted octanol–water partition coefficient (Wildman–Crippen LogP) is 24.6. The molecule has 3 aromatic heterocycles. The van der Waals surface area contributed by atoms with Gasteiger partial charge in [-0.3, -0.25) is 19.2 Å². The number of aliphatic carboxylic acids is 1. The molecular formula is C93H91BBr5F16N7O23S3. The Morgan fingerprint density at radius 1 is 0.412 bits per heavy atom. The van der Waals surface area contributed by atoms with Gasteiger partial charge < -0.3 is 62.5 Å². The lowest BCUT2D eigenvalue weighted by Crippen LogP contribution is -2.49. The average Bonchev–Trinajstić information content (AvgIpc) is 0.736. The molecule has 0 unspecified atom stereocenters. The number of carbonyl (C=O) groups is 4. The number of carboxylic acid groups (broad SMARTS) is 1. The molecule has 0 spiro atoms. The lowest BCUT2D eigenvalue weighted by Gasteiger charge is -2.25. The summed E-state index contributed by atoms with van der Waals surface area (Å²) in [7, 11) is -9.97. The number of phenols is 1. The fourth-order valence-electron chi connectivity index (χ4n) is 11.3. The van der Waals surface area contributed by atoms with Crippen molar-refractivity contribution in [1.29, 1.82) is 0 Å². The van der Waals surface area contributed by atoms with Gasteiger partial charge in [-0.1, -0.05) is 68.3 Å². The summed E-state index contributed by atoms with van der Waals surface area (Å²) in [6, 6.07) is 27.9. The summed E-state index contributed by atoms with van der Waals surface area (Å²) in [5.41, 5.74) is -2.86. The number of azide groups is 1. The number of allylic oxidation sites excluding steroid dienone is 4. The van der Waals surface area contributed by atoms with Crippen molar-refractivity contribution in [2.24, 2.45) is 5.11 Å². The second kappa shape index (κ2) is 57.8. The number of carbonyl (C=O) groups excluding carboxylic acids is 3. The van der Waals surface area contributed by atoms with Crippen LogP contribution >= 0.6 is 79.1 Å². The number of aromatic nitrogens is 3. The van der Waals surface area contributed by atoms with Crippen LogP contribution in [0.5, 0.6) is 40.2 Å². The third kappa shape index (κ3) is 36.7. The van der Waals surface area contributed by atoms with Gasteiger partial charge in [0.05, 0.1) is 71.6 Å². The molecule has 0 saturated carbocycles. The standard InChI is InChI=1S/C13H15FO3.C12H9F4NO4S.C12H12FN3O2.C12H12FNO2.C12H13FO3.C11H10FNO2.C8H5F6NO4S2.C7H6BrFO.C6H9BrO2.BBr3/c1-8(9(2)13(15)17-4)10-5-6-11(14)12(7-10)16-3;1-5-6(2)17-11(18)8-3-9(13)10(4-7(5)8)21-22(19,20)12(14,15)16;1-7(8(2)12(17)15-16-14)9-4-5-10(13)11(6-9)18-3;1-6-7(2)14-12(15)9-4-10(13)11(16-3)5-8(6)9;1-7(8(2)12(14)15)9-4-5-10(13)11(6-9)16-3;1-5-6(2)13-11(15)8-3-9(12)10(14)4-7(5)8;9-7(10,11)20(16,17)15(6-4-2-1-3-5-6)21(18,19)8(12,13)14;1-10-7-4-5(8)2-3-6(7)9;1-4(5(2)7)6(8)9-3;2-1(3)4/h5-7H,1-4H3;3-4H,1-2H3,(H,17,18);4-6H,1-3H3;4-5H,1-3H3,(H,14,15);4-6H,1-3H3,(H,14,15);3-4,14H,1-2H3,(H,13,15);1-5H;2-4H,1H3;1-3H3;/b9-8+;;8-7+;;8-7+;;;;5-4+;. The number of pyridine rings is 3. The lowest BCUT2D eigenvalue weighted by molar-refractivity contribution is -0.136. The molecule has 804 valence electrons. The van der Waals surface area contributed by atoms with E-state index >= 15 is 0 Å². The number of fused-ring (bicyclic) bond motifs is 3. The van der Waals surface area contributed by atoms with Crippen LogP contribution in [0, 0.1) is 82.3 Å². The number of benzene rings is 8. The minimum absolute atomic E-state index is 0.0926. The highest BCUT2D eigenvalue weighted by Gasteiger charge is 2.62. The van der Waals surface area contributed by atoms with Gasteiger partial charge in [0.2, 0.25) is 5.91 Å². The molecule has 30 nitrogen and oxygen atoms in total. The zero-order valence-electron chi connectivity index (χ0n) is 81.3. The molecule has 0 bridgehead atoms. The van der Waals surface area contributed by atoms with Crippen molar-refractivity contribution in [3.05, 3.63) is 303 Å². The highest BCUT2D eigenvalue weighted by molar-refractivity contribution is 9.69. The molecule has 3 heterocycles. The molecule has 11 aromatic rings. The van der Waals surface area contributed by atoms with E-state index in [-0.39, 0.29) is 76.6 Å². The summed E-state index contributed by atoms with van der Waals surface area (Å²) in [4.78, 5) is 89.2. The molecule has 5 N–H and O–H groups in total. The van der Waals surface area contributed by atoms with Gasteiger partial charge in [0.25, 0.3) is 16.7 Å². The number of sulfonamides is 2. The van der Waals surface area contributed by atoms with Crippen LogP contribution in [0.2, 0.25) is 0 Å². The van der Waals surface area contributed by atoms with Gasteiger partial charge in [-0.15, -0.1) is 51.0 Å². The first kappa shape index (κ1) is 131. The number of alkyl halides is 9. The number of phenolic OH excluding ortho intramolecular Hbond substituents is 1. The van der Waals surface area contributed by atoms with Crippen LogP contribution in [0.25, 0.3) is 59.5 Å². The number of H-pyrrole nitrogens is 3. The molecular weight excluding hydrogens is 2390 g/mol. The molecule has 148 heavy (non-hydrogen) atoms. The Morgan fingerprint density at radius 3 is 1.03 bits per heavy atom. The third-order valence-corrected chi connectivity index (χ3v) is 26.0. The van der Waals surface area contributed by atoms with Crippen molar-refractivity contribution in [3.8, 4) is 40.2 Å². The van der Waals surface area contributed by atoms with Crippen LogP contribution in [0.4, 0.5) is 75.9 Å². The normalized spacial score (nSPS) is 11.7. The molecule has 0 radical (unpaired) electrons. The number of ether oxygens (including phenoxy) is 7. The zero-order chi connectivity index (χ0) is 114. The van der Waals surface area contributed by atoms with Gasteiger partial charge in [-0.2, -0.15) is 64.8 Å². The van der Waals surface area contributed by atoms with Crippen molar-refractivity contribution < 1.29 is 162 Å². The third-order valence-electron chi connectivity index (χ3n) is 20.3. The molecule has 0 aliphatic carbocycles. The number of anilines is 1. The van der Waals surface area contributed by atoms with Gasteiger partial charge >= 0.3 is 67.8 Å². The average molecular weight is 2490 g/mol. The van der Waals surface area contributed by atoms with E-state index in [1.165, 1.54) is 131 Å². The lowest BCUT2D eigenvalue weighted by atomic mass is 10.0. The number of aryl methyl sites for hydroxylation is 6. The predicted molar refractivity (Wildman–Crippen MR) is 545 cm³/mol. The molecule has 0 saturated heterocycles.